The Balaban J connectivity index is 1.74. The van der Waals surface area contributed by atoms with E-state index >= 15 is 0 Å². The van der Waals surface area contributed by atoms with Crippen LogP contribution in [-0.2, 0) is 24.6 Å². The van der Waals surface area contributed by atoms with Crippen LogP contribution in [0.5, 0.6) is 5.88 Å². The van der Waals surface area contributed by atoms with Crippen molar-refractivity contribution < 1.29 is 27.7 Å². The van der Waals surface area contributed by atoms with Gasteiger partial charge in [-0.05, 0) is 61.1 Å². The Morgan fingerprint density at radius 3 is 2.68 bits per heavy atom. The second-order valence-corrected chi connectivity index (χ2v) is 11.4. The van der Waals surface area contributed by atoms with Crippen molar-refractivity contribution >= 4 is 45.0 Å². The van der Waals surface area contributed by atoms with E-state index in [9.17, 15) is 14.4 Å². The molecule has 206 valence electrons. The summed E-state index contributed by atoms with van der Waals surface area (Å²) in [4.78, 5) is 47.5. The number of benzene rings is 1. The molecule has 2 aromatic rings. The zero-order chi connectivity index (χ0) is 27.4. The first-order chi connectivity index (χ1) is 18.1. The van der Waals surface area contributed by atoms with Crippen LogP contribution in [0.2, 0.25) is 0 Å². The van der Waals surface area contributed by atoms with Gasteiger partial charge in [0.15, 0.2) is 16.3 Å². The third-order valence-electron chi connectivity index (χ3n) is 7.24. The lowest BCUT2D eigenvalue weighted by Gasteiger charge is -2.40. The number of hydrogen-bond donors (Lipinski definition) is 0. The van der Waals surface area contributed by atoms with E-state index < -0.39 is 35.7 Å². The fourth-order valence-corrected chi connectivity index (χ4v) is 5.61. The van der Waals surface area contributed by atoms with Gasteiger partial charge in [0.1, 0.15) is 18.2 Å². The standard InChI is InChI=1S/C28H36BrN3O6/c1-5-31-23(28(2,3)4)25(33)32-17-20(16-22(32)26(34)38-29)37-24-21-15-18(10-11-19(21)12-13-30-24)9-7-6-8-14-36-27(31)35/h10-13,15,20,22-23H,5-9,14,16-17H2,1-4H3/t20-,22-,23+/m0/s1. The van der Waals surface area contributed by atoms with Gasteiger partial charge in [-0.25, -0.2) is 14.6 Å². The lowest BCUT2D eigenvalue weighted by atomic mass is 9.84. The van der Waals surface area contributed by atoms with Crippen molar-refractivity contribution in [1.29, 1.82) is 0 Å². The Bertz CT molecular complexity index is 1180. The van der Waals surface area contributed by atoms with E-state index in [2.05, 4.69) is 39.4 Å². The highest BCUT2D eigenvalue weighted by molar-refractivity contribution is 9.06. The normalized spacial score (nSPS) is 23.6. The SMILES string of the molecule is CCN1C(=O)OCCCCCc2ccc3ccnc(c3c2)O[C@H]2C[C@@H](C(=O)OBr)N(C2)C(=O)[C@@H]1C(C)(C)C. The number of pyridine rings is 1. The van der Waals surface area contributed by atoms with Gasteiger partial charge >= 0.3 is 12.1 Å². The largest absolute Gasteiger partial charge is 0.472 e. The summed E-state index contributed by atoms with van der Waals surface area (Å²) in [5.41, 5.74) is 0.546. The molecular formula is C28H36BrN3O6. The number of halogens is 1. The van der Waals surface area contributed by atoms with Crippen LogP contribution >= 0.6 is 16.3 Å². The van der Waals surface area contributed by atoms with Crippen LogP contribution in [0.3, 0.4) is 0 Å². The summed E-state index contributed by atoms with van der Waals surface area (Å²) in [5.74, 6) is -0.469. The van der Waals surface area contributed by atoms with E-state index in [0.717, 1.165) is 36.5 Å². The van der Waals surface area contributed by atoms with Gasteiger partial charge in [-0.2, -0.15) is 0 Å². The van der Waals surface area contributed by atoms with Crippen LogP contribution < -0.4 is 4.74 Å². The van der Waals surface area contributed by atoms with Crippen molar-refractivity contribution in [2.75, 3.05) is 19.7 Å². The van der Waals surface area contributed by atoms with Gasteiger partial charge in [0.25, 0.3) is 0 Å². The second kappa shape index (κ2) is 11.9. The Hall–Kier alpha value is -2.88. The van der Waals surface area contributed by atoms with Gasteiger partial charge in [-0.15, -0.1) is 0 Å². The minimum atomic E-state index is -0.876. The van der Waals surface area contributed by atoms with Crippen molar-refractivity contribution in [2.45, 2.75) is 78.0 Å². The average molecular weight is 591 g/mol. The highest BCUT2D eigenvalue weighted by Crippen LogP contribution is 2.33. The van der Waals surface area contributed by atoms with Crippen LogP contribution in [0.15, 0.2) is 30.5 Å². The highest BCUT2D eigenvalue weighted by atomic mass is 79.9. The first-order valence-corrected chi connectivity index (χ1v) is 13.9. The molecule has 2 amide bonds. The molecule has 4 rings (SSSR count). The second-order valence-electron chi connectivity index (χ2n) is 11.0. The Morgan fingerprint density at radius 2 is 1.97 bits per heavy atom. The van der Waals surface area contributed by atoms with E-state index in [1.54, 1.807) is 6.20 Å². The molecular weight excluding hydrogens is 554 g/mol. The third kappa shape index (κ3) is 6.06. The van der Waals surface area contributed by atoms with E-state index in [1.807, 2.05) is 33.8 Å². The first kappa shape index (κ1) is 28.1. The van der Waals surface area contributed by atoms with Gasteiger partial charge < -0.3 is 18.2 Å². The number of aromatic nitrogens is 1. The molecule has 4 bridgehead atoms. The fourth-order valence-electron chi connectivity index (χ4n) is 5.39. The molecule has 1 saturated heterocycles. The van der Waals surface area contributed by atoms with E-state index in [4.69, 9.17) is 13.3 Å². The number of cyclic esters (lactones) is 1. The molecule has 2 aliphatic heterocycles. The van der Waals surface area contributed by atoms with Crippen molar-refractivity contribution in [3.63, 3.8) is 0 Å². The average Bonchev–Trinajstić information content (AvgIpc) is 3.31. The molecule has 3 atom stereocenters. The van der Waals surface area contributed by atoms with E-state index in [0.29, 0.717) is 5.88 Å². The zero-order valence-corrected chi connectivity index (χ0v) is 24.0. The number of likely N-dealkylation sites (N-methyl/N-ethyl adjacent to an activating group) is 1. The molecule has 1 aromatic heterocycles. The molecule has 0 aliphatic carbocycles. The number of aryl methyl sites for hydroxylation is 1. The lowest BCUT2D eigenvalue weighted by Crippen LogP contribution is -2.58. The number of rotatable bonds is 2. The molecule has 10 heteroatoms. The monoisotopic (exact) mass is 589 g/mol. The molecule has 0 spiro atoms. The minimum absolute atomic E-state index is 0.155. The van der Waals surface area contributed by atoms with Gasteiger partial charge in [0.05, 0.1) is 13.2 Å². The molecule has 2 aliphatic rings. The van der Waals surface area contributed by atoms with Crippen LogP contribution in [0, 0.1) is 5.41 Å². The predicted molar refractivity (Wildman–Crippen MR) is 146 cm³/mol. The Kier molecular flexibility index (Phi) is 8.80. The highest BCUT2D eigenvalue weighted by Gasteiger charge is 2.48. The molecule has 0 N–H and O–H groups in total. The number of carbonyl (C=O) groups excluding carboxylic acids is 3. The Morgan fingerprint density at radius 1 is 1.18 bits per heavy atom. The van der Waals surface area contributed by atoms with Crippen molar-refractivity contribution in [3.05, 3.63) is 36.0 Å². The summed E-state index contributed by atoms with van der Waals surface area (Å²) >= 11 is 2.79. The van der Waals surface area contributed by atoms with E-state index in [1.165, 1.54) is 15.4 Å². The van der Waals surface area contributed by atoms with Crippen LogP contribution in [0.25, 0.3) is 10.8 Å². The summed E-state index contributed by atoms with van der Waals surface area (Å²) < 4.78 is 16.8. The Labute approximate surface area is 232 Å². The third-order valence-corrected chi connectivity index (χ3v) is 7.56. The van der Waals surface area contributed by atoms with Crippen molar-refractivity contribution in [3.8, 4) is 5.88 Å². The topological polar surface area (TPSA) is 98.3 Å². The minimum Gasteiger partial charge on any atom is -0.472 e. The van der Waals surface area contributed by atoms with Gasteiger partial charge in [0, 0.05) is 24.5 Å². The maximum absolute atomic E-state index is 14.1. The van der Waals surface area contributed by atoms with Gasteiger partial charge in [-0.3, -0.25) is 9.69 Å². The fraction of sp³-hybridized carbons (Fsp3) is 0.571. The molecule has 9 nitrogen and oxygen atoms in total. The molecule has 0 saturated carbocycles. The smallest absolute Gasteiger partial charge is 0.410 e. The van der Waals surface area contributed by atoms with Crippen LogP contribution in [-0.4, -0.2) is 70.6 Å². The lowest BCUT2D eigenvalue weighted by molar-refractivity contribution is -0.149. The summed E-state index contributed by atoms with van der Waals surface area (Å²) in [6, 6.07) is 6.48. The first-order valence-electron chi connectivity index (χ1n) is 13.2. The predicted octanol–water partition coefficient (Wildman–Crippen LogP) is 5.04. The van der Waals surface area contributed by atoms with Crippen molar-refractivity contribution in [1.82, 2.24) is 14.8 Å². The van der Waals surface area contributed by atoms with Crippen LogP contribution in [0.1, 0.15) is 58.9 Å². The maximum Gasteiger partial charge on any atom is 0.410 e. The molecule has 0 unspecified atom stereocenters. The molecule has 3 heterocycles. The molecule has 0 radical (unpaired) electrons. The zero-order valence-electron chi connectivity index (χ0n) is 22.4. The number of carbonyl (C=O) groups is 3. The van der Waals surface area contributed by atoms with E-state index in [-0.39, 0.29) is 32.0 Å². The number of amides is 2. The summed E-state index contributed by atoms with van der Waals surface area (Å²) in [7, 11) is 0. The van der Waals surface area contributed by atoms with Gasteiger partial charge in [-0.1, -0.05) is 32.9 Å². The quantitative estimate of drug-likeness (QED) is 0.484. The summed E-state index contributed by atoms with van der Waals surface area (Å²) in [5, 5.41) is 1.91. The van der Waals surface area contributed by atoms with Gasteiger partial charge in [0.2, 0.25) is 11.8 Å². The van der Waals surface area contributed by atoms with Crippen molar-refractivity contribution in [2.24, 2.45) is 5.41 Å². The number of fused-ring (bicyclic) bond motifs is 3. The molecule has 1 fully saturated rings. The summed E-state index contributed by atoms with van der Waals surface area (Å²) in [6.45, 7) is 8.24. The molecule has 1 aromatic carbocycles. The molecule has 38 heavy (non-hydrogen) atoms. The number of nitrogens with zero attached hydrogens (tertiary/aromatic N) is 3. The number of hydrogen-bond acceptors (Lipinski definition) is 7. The maximum atomic E-state index is 14.1. The number of ether oxygens (including phenoxy) is 2. The van der Waals surface area contributed by atoms with Crippen LogP contribution in [0.4, 0.5) is 4.79 Å². The summed E-state index contributed by atoms with van der Waals surface area (Å²) in [6.07, 6.45) is 4.39.